The van der Waals surface area contributed by atoms with Crippen molar-refractivity contribution in [2.45, 2.75) is 13.5 Å². The second-order valence-corrected chi connectivity index (χ2v) is 6.92. The van der Waals surface area contributed by atoms with Crippen molar-refractivity contribution in [1.29, 1.82) is 0 Å². The van der Waals surface area contributed by atoms with E-state index in [1.807, 2.05) is 25.1 Å². The molecule has 0 aliphatic heterocycles. The van der Waals surface area contributed by atoms with Gasteiger partial charge in [0.15, 0.2) is 11.2 Å². The fourth-order valence-electron chi connectivity index (χ4n) is 2.54. The summed E-state index contributed by atoms with van der Waals surface area (Å²) in [4.78, 5) is 40.7. The fourth-order valence-corrected chi connectivity index (χ4v) is 3.06. The van der Waals surface area contributed by atoms with E-state index in [4.69, 9.17) is 0 Å². The number of carbonyl (C=O) groups excluding carboxylic acids is 1. The van der Waals surface area contributed by atoms with E-state index < -0.39 is 11.2 Å². The highest BCUT2D eigenvalue weighted by Crippen LogP contribution is 2.17. The summed E-state index contributed by atoms with van der Waals surface area (Å²) in [7, 11) is 2.94. The molecule has 0 aliphatic carbocycles. The Morgan fingerprint density at radius 2 is 1.96 bits per heavy atom. The van der Waals surface area contributed by atoms with Crippen LogP contribution in [0.5, 0.6) is 0 Å². The minimum Gasteiger partial charge on any atom is -0.325 e. The Morgan fingerprint density at radius 3 is 2.64 bits per heavy atom. The van der Waals surface area contributed by atoms with Crippen molar-refractivity contribution in [3.8, 4) is 0 Å². The van der Waals surface area contributed by atoms with Gasteiger partial charge in [-0.3, -0.25) is 18.7 Å². The summed E-state index contributed by atoms with van der Waals surface area (Å²) >= 11 is 2.20. The molecule has 9 heteroatoms. The molecule has 1 aromatic carbocycles. The molecule has 0 spiro atoms. The van der Waals surface area contributed by atoms with Crippen molar-refractivity contribution in [3.05, 3.63) is 54.5 Å². The molecule has 0 saturated heterocycles. The Bertz CT molecular complexity index is 1110. The van der Waals surface area contributed by atoms with Gasteiger partial charge in [0.05, 0.1) is 6.33 Å². The van der Waals surface area contributed by atoms with E-state index in [-0.39, 0.29) is 23.6 Å². The first-order valence-corrected chi connectivity index (χ1v) is 8.54. The summed E-state index contributed by atoms with van der Waals surface area (Å²) in [5, 5.41) is 2.80. The number of imidazole rings is 1. The van der Waals surface area contributed by atoms with Crippen LogP contribution in [-0.2, 0) is 25.4 Å². The lowest BCUT2D eigenvalue weighted by Crippen LogP contribution is -2.37. The van der Waals surface area contributed by atoms with Crippen molar-refractivity contribution < 1.29 is 4.79 Å². The fraction of sp³-hybridized carbons (Fsp3) is 0.250. The Hall–Kier alpha value is -2.43. The number of hydrogen-bond donors (Lipinski definition) is 1. The maximum Gasteiger partial charge on any atom is 0.332 e. The number of carbonyl (C=O) groups is 1. The van der Waals surface area contributed by atoms with Gasteiger partial charge in [0.2, 0.25) is 5.91 Å². The van der Waals surface area contributed by atoms with Gasteiger partial charge in [0, 0.05) is 23.4 Å². The topological polar surface area (TPSA) is 90.9 Å². The number of halogens is 1. The predicted molar refractivity (Wildman–Crippen MR) is 103 cm³/mol. The maximum absolute atomic E-state index is 12.4. The van der Waals surface area contributed by atoms with Gasteiger partial charge in [-0.2, -0.15) is 0 Å². The minimum absolute atomic E-state index is 0.0750. The SMILES string of the molecule is Cc1ccc(NC(=O)Cn2cnc3c2c(=O)n(C)c(=O)n3C)cc1I. The first-order chi connectivity index (χ1) is 11.8. The minimum atomic E-state index is -0.478. The van der Waals surface area contributed by atoms with Crippen LogP contribution in [0.3, 0.4) is 0 Å². The quantitative estimate of drug-likeness (QED) is 0.599. The van der Waals surface area contributed by atoms with Gasteiger partial charge >= 0.3 is 5.69 Å². The molecular formula is C16H16IN5O3. The van der Waals surface area contributed by atoms with Crippen molar-refractivity contribution in [1.82, 2.24) is 18.7 Å². The number of nitrogens with one attached hydrogen (secondary N) is 1. The van der Waals surface area contributed by atoms with E-state index in [2.05, 4.69) is 32.9 Å². The summed E-state index contributed by atoms with van der Waals surface area (Å²) in [5.74, 6) is -0.283. The van der Waals surface area contributed by atoms with Crippen LogP contribution in [-0.4, -0.2) is 24.6 Å². The molecule has 0 unspecified atom stereocenters. The van der Waals surface area contributed by atoms with E-state index >= 15 is 0 Å². The smallest absolute Gasteiger partial charge is 0.325 e. The number of aromatic nitrogens is 4. The normalized spacial score (nSPS) is 11.0. The standard InChI is InChI=1S/C16H16IN5O3/c1-9-4-5-10(6-11(9)17)19-12(23)7-22-8-18-14-13(22)15(24)21(3)16(25)20(14)2/h4-6,8H,7H2,1-3H3,(H,19,23). The molecule has 2 heterocycles. The maximum atomic E-state index is 12.4. The first-order valence-electron chi connectivity index (χ1n) is 7.46. The summed E-state index contributed by atoms with van der Waals surface area (Å²) < 4.78 is 4.78. The molecule has 130 valence electrons. The van der Waals surface area contributed by atoms with E-state index in [1.165, 1.54) is 29.6 Å². The molecular weight excluding hydrogens is 437 g/mol. The van der Waals surface area contributed by atoms with Crippen molar-refractivity contribution in [2.24, 2.45) is 14.1 Å². The van der Waals surface area contributed by atoms with Crippen LogP contribution in [0.25, 0.3) is 11.2 Å². The van der Waals surface area contributed by atoms with E-state index in [9.17, 15) is 14.4 Å². The molecule has 2 aromatic heterocycles. The van der Waals surface area contributed by atoms with Crippen LogP contribution in [0.15, 0.2) is 34.1 Å². The molecule has 25 heavy (non-hydrogen) atoms. The molecule has 8 nitrogen and oxygen atoms in total. The Morgan fingerprint density at radius 1 is 1.24 bits per heavy atom. The highest BCUT2D eigenvalue weighted by molar-refractivity contribution is 14.1. The number of nitrogens with zero attached hydrogens (tertiary/aromatic N) is 4. The average Bonchev–Trinajstić information content (AvgIpc) is 2.98. The van der Waals surface area contributed by atoms with Crippen LogP contribution >= 0.6 is 22.6 Å². The van der Waals surface area contributed by atoms with Crippen LogP contribution < -0.4 is 16.6 Å². The van der Waals surface area contributed by atoms with Crippen LogP contribution in [0.4, 0.5) is 5.69 Å². The molecule has 3 aromatic rings. The van der Waals surface area contributed by atoms with Crippen molar-refractivity contribution in [3.63, 3.8) is 0 Å². The molecule has 1 amide bonds. The number of rotatable bonds is 3. The van der Waals surface area contributed by atoms with Crippen molar-refractivity contribution in [2.75, 3.05) is 5.32 Å². The second kappa shape index (κ2) is 6.47. The van der Waals surface area contributed by atoms with Gasteiger partial charge in [-0.25, -0.2) is 9.78 Å². The van der Waals surface area contributed by atoms with Gasteiger partial charge in [-0.05, 0) is 47.2 Å². The molecule has 0 atom stereocenters. The van der Waals surface area contributed by atoms with Gasteiger partial charge in [-0.15, -0.1) is 0 Å². The molecule has 0 saturated carbocycles. The van der Waals surface area contributed by atoms with Crippen LogP contribution in [0.1, 0.15) is 5.56 Å². The molecule has 0 radical (unpaired) electrons. The zero-order chi connectivity index (χ0) is 18.3. The molecule has 0 fully saturated rings. The van der Waals surface area contributed by atoms with Crippen molar-refractivity contribution >= 4 is 45.3 Å². The Labute approximate surface area is 156 Å². The molecule has 1 N–H and O–H groups in total. The average molecular weight is 453 g/mol. The van der Waals surface area contributed by atoms with Gasteiger partial charge in [0.1, 0.15) is 6.54 Å². The lowest BCUT2D eigenvalue weighted by atomic mass is 10.2. The third-order valence-electron chi connectivity index (χ3n) is 3.99. The monoisotopic (exact) mass is 453 g/mol. The third-order valence-corrected chi connectivity index (χ3v) is 5.15. The zero-order valence-electron chi connectivity index (χ0n) is 13.9. The van der Waals surface area contributed by atoms with E-state index in [0.29, 0.717) is 5.69 Å². The van der Waals surface area contributed by atoms with Gasteiger partial charge in [-0.1, -0.05) is 6.07 Å². The Kier molecular flexibility index (Phi) is 4.50. The highest BCUT2D eigenvalue weighted by atomic mass is 127. The summed E-state index contributed by atoms with van der Waals surface area (Å²) in [6, 6.07) is 5.63. The summed E-state index contributed by atoms with van der Waals surface area (Å²) in [6.07, 6.45) is 1.39. The number of aryl methyl sites for hydroxylation is 2. The lowest BCUT2D eigenvalue weighted by molar-refractivity contribution is -0.116. The van der Waals surface area contributed by atoms with Crippen LogP contribution in [0, 0.1) is 10.5 Å². The predicted octanol–water partition coefficient (Wildman–Crippen LogP) is 0.985. The van der Waals surface area contributed by atoms with Gasteiger partial charge < -0.3 is 9.88 Å². The largest absolute Gasteiger partial charge is 0.332 e. The Balaban J connectivity index is 1.93. The molecule has 0 bridgehead atoms. The zero-order valence-corrected chi connectivity index (χ0v) is 16.1. The van der Waals surface area contributed by atoms with E-state index in [1.54, 1.807) is 0 Å². The number of fused-ring (bicyclic) bond motifs is 1. The molecule has 3 rings (SSSR count). The summed E-state index contributed by atoms with van der Waals surface area (Å²) in [6.45, 7) is 1.92. The first kappa shape index (κ1) is 17.4. The van der Waals surface area contributed by atoms with Crippen LogP contribution in [0.2, 0.25) is 0 Å². The van der Waals surface area contributed by atoms with Gasteiger partial charge in [0.25, 0.3) is 5.56 Å². The van der Waals surface area contributed by atoms with E-state index in [0.717, 1.165) is 13.7 Å². The number of amides is 1. The lowest BCUT2D eigenvalue weighted by Gasteiger charge is -2.09. The molecule has 0 aliphatic rings. The summed E-state index contributed by atoms with van der Waals surface area (Å²) in [5.41, 5.74) is 1.35. The number of anilines is 1. The number of hydrogen-bond acceptors (Lipinski definition) is 4. The highest BCUT2D eigenvalue weighted by Gasteiger charge is 2.16. The second-order valence-electron chi connectivity index (χ2n) is 5.76. The third kappa shape index (κ3) is 3.11. The number of benzene rings is 1.